The highest BCUT2D eigenvalue weighted by Crippen LogP contribution is 2.24. The van der Waals surface area contributed by atoms with E-state index in [0.717, 1.165) is 6.07 Å². The van der Waals surface area contributed by atoms with Gasteiger partial charge in [0.25, 0.3) is 0 Å². The Morgan fingerprint density at radius 1 is 1.03 bits per heavy atom. The van der Waals surface area contributed by atoms with Crippen LogP contribution in [0.25, 0.3) is 0 Å². The molecule has 29 heavy (non-hydrogen) atoms. The maximum atomic E-state index is 13.2. The molecule has 2 amide bonds. The number of nitrogens with zero attached hydrogens (tertiary/aromatic N) is 1. The molecule has 0 atom stereocenters. The van der Waals surface area contributed by atoms with Gasteiger partial charge in [-0.1, -0.05) is 25.9 Å². The lowest BCUT2D eigenvalue weighted by Crippen LogP contribution is -2.19. The number of halogens is 2. The average molecular weight is 401 g/mol. The Hall–Kier alpha value is -3.42. The summed E-state index contributed by atoms with van der Waals surface area (Å²) in [7, 11) is 0. The zero-order chi connectivity index (χ0) is 21.0. The van der Waals surface area contributed by atoms with Gasteiger partial charge in [0.05, 0.1) is 0 Å². The second kappa shape index (κ2) is 8.30. The highest BCUT2D eigenvalue weighted by molar-refractivity contribution is 5.99. The van der Waals surface area contributed by atoms with Gasteiger partial charge < -0.3 is 14.6 Å². The van der Waals surface area contributed by atoms with E-state index in [4.69, 9.17) is 9.26 Å². The molecule has 1 heterocycles. The fraction of sp³-hybridized carbons (Fsp3) is 0.238. The summed E-state index contributed by atoms with van der Waals surface area (Å²) in [6, 6.07) is 11.0. The van der Waals surface area contributed by atoms with Crippen molar-refractivity contribution in [3.63, 3.8) is 0 Å². The van der Waals surface area contributed by atoms with Gasteiger partial charge in [-0.15, -0.1) is 0 Å². The van der Waals surface area contributed by atoms with Crippen LogP contribution in [0.5, 0.6) is 5.75 Å². The first-order chi connectivity index (χ1) is 13.7. The second-order valence-corrected chi connectivity index (χ2v) is 7.50. The molecule has 152 valence electrons. The van der Waals surface area contributed by atoms with Crippen molar-refractivity contribution in [3.05, 3.63) is 71.5 Å². The Bertz CT molecular complexity index is 975. The summed E-state index contributed by atoms with van der Waals surface area (Å²) < 4.78 is 37.1. The van der Waals surface area contributed by atoms with Crippen LogP contribution < -0.4 is 15.4 Å². The normalized spacial score (nSPS) is 11.2. The van der Waals surface area contributed by atoms with E-state index in [9.17, 15) is 13.6 Å². The third kappa shape index (κ3) is 5.78. The summed E-state index contributed by atoms with van der Waals surface area (Å²) in [6.45, 7) is 5.95. The maximum Gasteiger partial charge on any atom is 0.324 e. The van der Waals surface area contributed by atoms with Gasteiger partial charge in [0.1, 0.15) is 29.8 Å². The van der Waals surface area contributed by atoms with Crippen LogP contribution in [-0.4, -0.2) is 11.2 Å². The first-order valence-electron chi connectivity index (χ1n) is 8.92. The number of nitrogens with one attached hydrogen (secondary N) is 2. The zero-order valence-corrected chi connectivity index (χ0v) is 16.3. The first-order valence-corrected chi connectivity index (χ1v) is 8.92. The van der Waals surface area contributed by atoms with Crippen LogP contribution in [0.2, 0.25) is 0 Å². The number of hydrogen-bond donors (Lipinski definition) is 2. The predicted octanol–water partition coefficient (Wildman–Crippen LogP) is 5.47. The average Bonchev–Trinajstić information content (AvgIpc) is 3.09. The number of carbonyl (C=O) groups is 1. The van der Waals surface area contributed by atoms with Crippen molar-refractivity contribution in [2.45, 2.75) is 32.8 Å². The van der Waals surface area contributed by atoms with Gasteiger partial charge in [0.2, 0.25) is 0 Å². The van der Waals surface area contributed by atoms with Crippen LogP contribution >= 0.6 is 0 Å². The van der Waals surface area contributed by atoms with E-state index in [1.165, 1.54) is 12.1 Å². The van der Waals surface area contributed by atoms with E-state index in [-0.39, 0.29) is 12.0 Å². The molecule has 3 aromatic rings. The topological polar surface area (TPSA) is 76.4 Å². The molecule has 0 aliphatic heterocycles. The van der Waals surface area contributed by atoms with Crippen molar-refractivity contribution < 1.29 is 22.8 Å². The Morgan fingerprint density at radius 2 is 1.69 bits per heavy atom. The summed E-state index contributed by atoms with van der Waals surface area (Å²) in [5.41, 5.74) is 0.703. The van der Waals surface area contributed by atoms with Crippen LogP contribution in [0, 0.1) is 11.6 Å². The minimum atomic E-state index is -0.657. The third-order valence-electron chi connectivity index (χ3n) is 3.93. The predicted molar refractivity (Wildman–Crippen MR) is 105 cm³/mol. The molecule has 2 aromatic carbocycles. The number of ether oxygens (including phenoxy) is 1. The maximum absolute atomic E-state index is 13.2. The van der Waals surface area contributed by atoms with Crippen LogP contribution in [-0.2, 0) is 12.0 Å². The molecule has 0 fully saturated rings. The Morgan fingerprint density at radius 3 is 2.28 bits per heavy atom. The Kier molecular flexibility index (Phi) is 5.81. The summed E-state index contributed by atoms with van der Waals surface area (Å²) in [6.07, 6.45) is 0. The fourth-order valence-corrected chi connectivity index (χ4v) is 2.46. The summed E-state index contributed by atoms with van der Waals surface area (Å²) in [5.74, 6) is 0.154. The van der Waals surface area contributed by atoms with Gasteiger partial charge >= 0.3 is 6.03 Å². The molecular formula is C21H21F2N3O3. The van der Waals surface area contributed by atoms with Gasteiger partial charge in [-0.25, -0.2) is 13.6 Å². The molecule has 0 saturated heterocycles. The van der Waals surface area contributed by atoms with E-state index in [0.29, 0.717) is 28.6 Å². The standard InChI is InChI=1S/C21H21F2N3O3/c1-21(2,3)18-11-19(26-29-18)25-20(27)24-16-4-6-17(7-5-16)28-12-13-8-14(22)10-15(23)9-13/h4-11H,12H2,1-3H3,(H2,24,25,26,27). The van der Waals surface area contributed by atoms with Crippen LogP contribution in [0.4, 0.5) is 25.1 Å². The van der Waals surface area contributed by atoms with Crippen LogP contribution in [0.1, 0.15) is 32.1 Å². The lowest BCUT2D eigenvalue weighted by Gasteiger charge is -2.12. The summed E-state index contributed by atoms with van der Waals surface area (Å²) in [5, 5.41) is 9.09. The molecule has 0 aliphatic rings. The number of urea groups is 1. The number of hydrogen-bond acceptors (Lipinski definition) is 4. The minimum Gasteiger partial charge on any atom is -0.489 e. The molecule has 0 saturated carbocycles. The number of amides is 2. The molecule has 0 aliphatic carbocycles. The van der Waals surface area contributed by atoms with E-state index < -0.39 is 17.7 Å². The van der Waals surface area contributed by atoms with Gasteiger partial charge in [-0.05, 0) is 42.0 Å². The van der Waals surface area contributed by atoms with E-state index in [1.807, 2.05) is 20.8 Å². The van der Waals surface area contributed by atoms with Crippen molar-refractivity contribution in [2.75, 3.05) is 10.6 Å². The third-order valence-corrected chi connectivity index (χ3v) is 3.93. The van der Waals surface area contributed by atoms with Gasteiger partial charge in [-0.2, -0.15) is 0 Å². The lowest BCUT2D eigenvalue weighted by molar-refractivity contribution is 0.262. The van der Waals surface area contributed by atoms with Crippen molar-refractivity contribution in [3.8, 4) is 5.75 Å². The highest BCUT2D eigenvalue weighted by Gasteiger charge is 2.20. The number of aromatic nitrogens is 1. The number of rotatable bonds is 5. The van der Waals surface area contributed by atoms with E-state index >= 15 is 0 Å². The number of carbonyl (C=O) groups excluding carboxylic acids is 1. The van der Waals surface area contributed by atoms with E-state index in [2.05, 4.69) is 15.8 Å². The van der Waals surface area contributed by atoms with Gasteiger partial charge in [0.15, 0.2) is 5.82 Å². The Balaban J connectivity index is 1.53. The molecule has 8 heteroatoms. The van der Waals surface area contributed by atoms with E-state index in [1.54, 1.807) is 30.3 Å². The van der Waals surface area contributed by atoms with Crippen molar-refractivity contribution in [2.24, 2.45) is 0 Å². The van der Waals surface area contributed by atoms with Crippen LogP contribution in [0.15, 0.2) is 53.1 Å². The molecule has 0 radical (unpaired) electrons. The number of benzene rings is 2. The first kappa shape index (κ1) is 20.3. The van der Waals surface area contributed by atoms with Crippen molar-refractivity contribution in [1.82, 2.24) is 5.16 Å². The van der Waals surface area contributed by atoms with Crippen LogP contribution in [0.3, 0.4) is 0 Å². The summed E-state index contributed by atoms with van der Waals surface area (Å²) in [4.78, 5) is 12.1. The lowest BCUT2D eigenvalue weighted by atomic mass is 9.93. The molecular weight excluding hydrogens is 380 g/mol. The smallest absolute Gasteiger partial charge is 0.324 e. The van der Waals surface area contributed by atoms with Gasteiger partial charge in [-0.3, -0.25) is 5.32 Å². The number of anilines is 2. The molecule has 6 nitrogen and oxygen atoms in total. The fourth-order valence-electron chi connectivity index (χ4n) is 2.46. The molecule has 2 N–H and O–H groups in total. The highest BCUT2D eigenvalue weighted by atomic mass is 19.1. The quantitative estimate of drug-likeness (QED) is 0.594. The van der Waals surface area contributed by atoms with Crippen molar-refractivity contribution in [1.29, 1.82) is 0 Å². The Labute approximate surface area is 166 Å². The monoisotopic (exact) mass is 401 g/mol. The SMILES string of the molecule is CC(C)(C)c1cc(NC(=O)Nc2ccc(OCc3cc(F)cc(F)c3)cc2)no1. The molecule has 3 rings (SSSR count). The largest absolute Gasteiger partial charge is 0.489 e. The minimum absolute atomic E-state index is 0.0181. The zero-order valence-electron chi connectivity index (χ0n) is 16.3. The summed E-state index contributed by atoms with van der Waals surface area (Å²) >= 11 is 0. The molecule has 0 spiro atoms. The van der Waals surface area contributed by atoms with Crippen molar-refractivity contribution >= 4 is 17.5 Å². The second-order valence-electron chi connectivity index (χ2n) is 7.50. The van der Waals surface area contributed by atoms with Gasteiger partial charge in [0, 0.05) is 23.2 Å². The molecule has 0 unspecified atom stereocenters. The molecule has 1 aromatic heterocycles. The molecule has 0 bridgehead atoms.